The van der Waals surface area contributed by atoms with E-state index in [2.05, 4.69) is 4.72 Å². The van der Waals surface area contributed by atoms with E-state index in [-0.39, 0.29) is 4.90 Å². The number of nitrogens with one attached hydrogen (secondary N) is 1. The van der Waals surface area contributed by atoms with Gasteiger partial charge >= 0.3 is 0 Å². The van der Waals surface area contributed by atoms with Crippen molar-refractivity contribution in [2.45, 2.75) is 49.5 Å². The predicted octanol–water partition coefficient (Wildman–Crippen LogP) is 3.87. The third-order valence-corrected chi connectivity index (χ3v) is 6.31. The molecule has 0 radical (unpaired) electrons. The smallest absolute Gasteiger partial charge is 0.240 e. The SMILES string of the molecule is COc1ccc2cc(S(=O)(=O)NCCCOC3CCCCC3)ccc2c1. The minimum absolute atomic E-state index is 0.281. The molecule has 0 aliphatic heterocycles. The van der Waals surface area contributed by atoms with Crippen LogP contribution in [0, 0.1) is 0 Å². The standard InChI is InChI=1S/C20H27NO4S/c1-24-19-10-8-17-15-20(11-9-16(17)14-19)26(22,23)21-12-5-13-25-18-6-3-2-4-7-18/h8-11,14-15,18,21H,2-7,12-13H2,1H3. The van der Waals surface area contributed by atoms with Crippen LogP contribution in [-0.4, -0.2) is 34.8 Å². The summed E-state index contributed by atoms with van der Waals surface area (Å²) in [6, 6.07) is 10.7. The number of sulfonamides is 1. The Morgan fingerprint density at radius 3 is 2.54 bits per heavy atom. The van der Waals surface area contributed by atoms with Crippen molar-refractivity contribution in [1.82, 2.24) is 4.72 Å². The molecule has 0 heterocycles. The number of rotatable bonds is 8. The molecule has 26 heavy (non-hydrogen) atoms. The lowest BCUT2D eigenvalue weighted by molar-refractivity contribution is 0.0278. The Morgan fingerprint density at radius 2 is 1.77 bits per heavy atom. The van der Waals surface area contributed by atoms with Gasteiger partial charge in [0, 0.05) is 13.2 Å². The molecule has 1 fully saturated rings. The van der Waals surface area contributed by atoms with Crippen LogP contribution in [0.3, 0.4) is 0 Å². The summed E-state index contributed by atoms with van der Waals surface area (Å²) in [7, 11) is -1.90. The first-order valence-corrected chi connectivity index (χ1v) is 10.8. The third-order valence-electron chi connectivity index (χ3n) is 4.85. The summed E-state index contributed by atoms with van der Waals surface area (Å²) in [6.07, 6.45) is 7.09. The minimum atomic E-state index is -3.51. The molecule has 1 aliphatic rings. The van der Waals surface area contributed by atoms with E-state index in [1.165, 1.54) is 19.3 Å². The van der Waals surface area contributed by atoms with Crippen LogP contribution in [0.1, 0.15) is 38.5 Å². The Bertz CT molecular complexity index is 829. The monoisotopic (exact) mass is 377 g/mol. The Balaban J connectivity index is 1.53. The molecule has 0 saturated heterocycles. The molecule has 2 aromatic rings. The average Bonchev–Trinajstić information content (AvgIpc) is 2.67. The van der Waals surface area contributed by atoms with Gasteiger partial charge in [-0.25, -0.2) is 13.1 Å². The van der Waals surface area contributed by atoms with E-state index in [1.54, 1.807) is 25.3 Å². The van der Waals surface area contributed by atoms with Gasteiger partial charge in [-0.2, -0.15) is 0 Å². The second-order valence-electron chi connectivity index (χ2n) is 6.76. The number of fused-ring (bicyclic) bond motifs is 1. The Morgan fingerprint density at radius 1 is 1.04 bits per heavy atom. The maximum Gasteiger partial charge on any atom is 0.240 e. The molecule has 0 amide bonds. The minimum Gasteiger partial charge on any atom is -0.497 e. The average molecular weight is 378 g/mol. The fraction of sp³-hybridized carbons (Fsp3) is 0.500. The van der Waals surface area contributed by atoms with Crippen molar-refractivity contribution in [2.24, 2.45) is 0 Å². The molecule has 2 aromatic carbocycles. The lowest BCUT2D eigenvalue weighted by Gasteiger charge is -2.21. The Labute approximate surface area is 155 Å². The van der Waals surface area contributed by atoms with Crippen LogP contribution >= 0.6 is 0 Å². The van der Waals surface area contributed by atoms with Gasteiger partial charge in [-0.15, -0.1) is 0 Å². The summed E-state index contributed by atoms with van der Waals surface area (Å²) in [5.41, 5.74) is 0. The maximum atomic E-state index is 12.5. The van der Waals surface area contributed by atoms with E-state index in [4.69, 9.17) is 9.47 Å². The van der Waals surface area contributed by atoms with Gasteiger partial charge in [0.05, 0.1) is 18.1 Å². The number of hydrogen-bond acceptors (Lipinski definition) is 4. The van der Waals surface area contributed by atoms with E-state index >= 15 is 0 Å². The summed E-state index contributed by atoms with van der Waals surface area (Å²) in [5.74, 6) is 0.754. The van der Waals surface area contributed by atoms with E-state index in [1.807, 2.05) is 18.2 Å². The van der Waals surface area contributed by atoms with Crippen molar-refractivity contribution in [3.63, 3.8) is 0 Å². The van der Waals surface area contributed by atoms with Crippen LogP contribution in [0.5, 0.6) is 5.75 Å². The van der Waals surface area contributed by atoms with Crippen molar-refractivity contribution < 1.29 is 17.9 Å². The zero-order chi connectivity index (χ0) is 18.4. The highest BCUT2D eigenvalue weighted by molar-refractivity contribution is 7.89. The van der Waals surface area contributed by atoms with Crippen LogP contribution in [0.4, 0.5) is 0 Å². The van der Waals surface area contributed by atoms with Crippen molar-refractivity contribution in [2.75, 3.05) is 20.3 Å². The molecule has 1 aliphatic carbocycles. The molecule has 142 valence electrons. The van der Waals surface area contributed by atoms with Gasteiger partial charge in [-0.05, 0) is 54.3 Å². The normalized spacial score (nSPS) is 16.0. The first kappa shape index (κ1) is 19.1. The molecule has 0 unspecified atom stereocenters. The molecule has 1 saturated carbocycles. The lowest BCUT2D eigenvalue weighted by Crippen LogP contribution is -2.26. The van der Waals surface area contributed by atoms with Gasteiger partial charge in [-0.3, -0.25) is 0 Å². The van der Waals surface area contributed by atoms with Crippen LogP contribution in [0.25, 0.3) is 10.8 Å². The number of ether oxygens (including phenoxy) is 2. The molecule has 0 aromatic heterocycles. The molecule has 0 atom stereocenters. The molecule has 5 nitrogen and oxygen atoms in total. The van der Waals surface area contributed by atoms with Crippen LogP contribution < -0.4 is 9.46 Å². The highest BCUT2D eigenvalue weighted by atomic mass is 32.2. The summed E-state index contributed by atoms with van der Waals surface area (Å²) in [6.45, 7) is 0.987. The zero-order valence-electron chi connectivity index (χ0n) is 15.2. The van der Waals surface area contributed by atoms with Gasteiger partial charge in [0.2, 0.25) is 10.0 Å². The number of methoxy groups -OCH3 is 1. The Kier molecular flexibility index (Phi) is 6.51. The van der Waals surface area contributed by atoms with Crippen LogP contribution in [0.2, 0.25) is 0 Å². The highest BCUT2D eigenvalue weighted by Crippen LogP contribution is 2.24. The first-order valence-electron chi connectivity index (χ1n) is 9.27. The summed E-state index contributed by atoms with van der Waals surface area (Å²) < 4.78 is 38.7. The molecular formula is C20H27NO4S. The second kappa shape index (κ2) is 8.84. The van der Waals surface area contributed by atoms with Gasteiger partial charge in [-0.1, -0.05) is 31.4 Å². The van der Waals surface area contributed by atoms with Gasteiger partial charge in [0.1, 0.15) is 5.75 Å². The van der Waals surface area contributed by atoms with Gasteiger partial charge in [0.25, 0.3) is 0 Å². The molecule has 1 N–H and O–H groups in total. The summed E-state index contributed by atoms with van der Waals surface area (Å²) in [4.78, 5) is 0.281. The van der Waals surface area contributed by atoms with E-state index in [0.717, 1.165) is 29.4 Å². The fourth-order valence-corrected chi connectivity index (χ4v) is 4.45. The lowest BCUT2D eigenvalue weighted by atomic mass is 9.98. The number of benzene rings is 2. The molecule has 0 bridgehead atoms. The van der Waals surface area contributed by atoms with Crippen LogP contribution in [0.15, 0.2) is 41.3 Å². The van der Waals surface area contributed by atoms with Crippen molar-refractivity contribution in [3.05, 3.63) is 36.4 Å². The largest absolute Gasteiger partial charge is 0.497 e. The van der Waals surface area contributed by atoms with E-state index in [9.17, 15) is 8.42 Å². The fourth-order valence-electron chi connectivity index (χ4n) is 3.34. The van der Waals surface area contributed by atoms with E-state index in [0.29, 0.717) is 25.7 Å². The number of hydrogen-bond donors (Lipinski definition) is 1. The third kappa shape index (κ3) is 4.96. The zero-order valence-corrected chi connectivity index (χ0v) is 16.1. The Hall–Kier alpha value is -1.63. The van der Waals surface area contributed by atoms with Crippen LogP contribution in [-0.2, 0) is 14.8 Å². The molecule has 0 spiro atoms. The van der Waals surface area contributed by atoms with Gasteiger partial charge < -0.3 is 9.47 Å². The molecule has 3 rings (SSSR count). The second-order valence-corrected chi connectivity index (χ2v) is 8.52. The first-order chi connectivity index (χ1) is 12.6. The van der Waals surface area contributed by atoms with E-state index < -0.39 is 10.0 Å². The van der Waals surface area contributed by atoms with Crippen molar-refractivity contribution >= 4 is 20.8 Å². The molecular weight excluding hydrogens is 350 g/mol. The van der Waals surface area contributed by atoms with Gasteiger partial charge in [0.15, 0.2) is 0 Å². The maximum absolute atomic E-state index is 12.5. The summed E-state index contributed by atoms with van der Waals surface area (Å²) in [5, 5.41) is 1.82. The topological polar surface area (TPSA) is 64.6 Å². The van der Waals surface area contributed by atoms with Crippen molar-refractivity contribution in [3.8, 4) is 5.75 Å². The quantitative estimate of drug-likeness (QED) is 0.710. The molecule has 6 heteroatoms. The predicted molar refractivity (Wildman–Crippen MR) is 103 cm³/mol. The highest BCUT2D eigenvalue weighted by Gasteiger charge is 2.15. The van der Waals surface area contributed by atoms with Crippen molar-refractivity contribution in [1.29, 1.82) is 0 Å². The summed E-state index contributed by atoms with van der Waals surface area (Å²) >= 11 is 0.